The van der Waals surface area contributed by atoms with Gasteiger partial charge in [-0.25, -0.2) is 8.42 Å². The van der Waals surface area contributed by atoms with Crippen molar-refractivity contribution >= 4 is 15.7 Å². The average molecular weight is 281 g/mol. The van der Waals surface area contributed by atoms with E-state index in [9.17, 15) is 8.42 Å². The smallest absolute Gasteiger partial charge is 0.245 e. The van der Waals surface area contributed by atoms with E-state index in [0.717, 1.165) is 4.31 Å². The highest BCUT2D eigenvalue weighted by Gasteiger charge is 2.25. The molecular formula is C12H15N3O3S. The summed E-state index contributed by atoms with van der Waals surface area (Å²) >= 11 is 0. The Labute approximate surface area is 112 Å². The number of hydrogen-bond acceptors (Lipinski definition) is 5. The molecule has 0 radical (unpaired) electrons. The molecule has 0 aliphatic carbocycles. The first-order chi connectivity index (χ1) is 8.97. The van der Waals surface area contributed by atoms with Gasteiger partial charge in [-0.05, 0) is 18.2 Å². The first-order valence-corrected chi connectivity index (χ1v) is 6.93. The zero-order valence-corrected chi connectivity index (χ0v) is 11.1. The Hall–Kier alpha value is -1.88. The Morgan fingerprint density at radius 1 is 1.53 bits per heavy atom. The highest BCUT2D eigenvalue weighted by molar-refractivity contribution is 7.89. The maximum absolute atomic E-state index is 12.3. The molecule has 6 nitrogen and oxygen atoms in total. The van der Waals surface area contributed by atoms with Gasteiger partial charge < -0.3 is 10.8 Å². The molecule has 0 saturated carbocycles. The number of aliphatic hydroxyl groups is 1. The van der Waals surface area contributed by atoms with E-state index in [0.29, 0.717) is 0 Å². The van der Waals surface area contributed by atoms with Gasteiger partial charge in [0.1, 0.15) is 4.90 Å². The van der Waals surface area contributed by atoms with Crippen LogP contribution in [0, 0.1) is 11.3 Å². The van der Waals surface area contributed by atoms with Gasteiger partial charge in [0.15, 0.2) is 0 Å². The minimum atomic E-state index is -3.81. The average Bonchev–Trinajstić information content (AvgIpc) is 2.38. The SMILES string of the molecule is C=CCN(CCO)S(=O)(=O)c1ccc(C#N)cc1N. The first-order valence-electron chi connectivity index (χ1n) is 5.49. The predicted molar refractivity (Wildman–Crippen MR) is 71.6 cm³/mol. The summed E-state index contributed by atoms with van der Waals surface area (Å²) in [5, 5.41) is 17.6. The van der Waals surface area contributed by atoms with Crippen molar-refractivity contribution in [2.24, 2.45) is 0 Å². The van der Waals surface area contributed by atoms with E-state index < -0.39 is 10.0 Å². The molecule has 0 aliphatic rings. The van der Waals surface area contributed by atoms with Crippen molar-refractivity contribution in [3.8, 4) is 6.07 Å². The van der Waals surface area contributed by atoms with Gasteiger partial charge in [-0.15, -0.1) is 6.58 Å². The second-order valence-electron chi connectivity index (χ2n) is 3.74. The fraction of sp³-hybridized carbons (Fsp3) is 0.250. The lowest BCUT2D eigenvalue weighted by Crippen LogP contribution is -2.34. The van der Waals surface area contributed by atoms with Crippen LogP contribution in [0.4, 0.5) is 5.69 Å². The Morgan fingerprint density at radius 3 is 2.68 bits per heavy atom. The molecule has 0 bridgehead atoms. The lowest BCUT2D eigenvalue weighted by Gasteiger charge is -2.20. The molecule has 0 amide bonds. The summed E-state index contributed by atoms with van der Waals surface area (Å²) in [6, 6.07) is 5.86. The first kappa shape index (κ1) is 15.2. The molecule has 0 atom stereocenters. The van der Waals surface area contributed by atoms with E-state index in [1.807, 2.05) is 6.07 Å². The number of sulfonamides is 1. The summed E-state index contributed by atoms with van der Waals surface area (Å²) in [4.78, 5) is -0.0817. The number of rotatable bonds is 6. The number of anilines is 1. The number of aliphatic hydroxyl groups excluding tert-OH is 1. The maximum atomic E-state index is 12.3. The maximum Gasteiger partial charge on any atom is 0.245 e. The third-order valence-corrected chi connectivity index (χ3v) is 4.38. The van der Waals surface area contributed by atoms with Gasteiger partial charge in [0.05, 0.1) is 23.9 Å². The van der Waals surface area contributed by atoms with E-state index in [1.54, 1.807) is 0 Å². The van der Waals surface area contributed by atoms with Gasteiger partial charge in [-0.2, -0.15) is 9.57 Å². The molecule has 102 valence electrons. The van der Waals surface area contributed by atoms with Gasteiger partial charge in [-0.3, -0.25) is 0 Å². The summed E-state index contributed by atoms with van der Waals surface area (Å²) in [5.41, 5.74) is 5.96. The summed E-state index contributed by atoms with van der Waals surface area (Å²) in [6.45, 7) is 3.20. The van der Waals surface area contributed by atoms with Crippen molar-refractivity contribution in [2.75, 3.05) is 25.4 Å². The van der Waals surface area contributed by atoms with Crippen molar-refractivity contribution in [1.82, 2.24) is 4.31 Å². The lowest BCUT2D eigenvalue weighted by molar-refractivity contribution is 0.260. The standard InChI is InChI=1S/C12H15N3O3S/c1-2-5-15(6-7-16)19(17,18)12-4-3-10(9-13)8-11(12)14/h2-4,8,16H,1,5-7,14H2. The number of nitrogen functional groups attached to an aromatic ring is 1. The molecule has 0 heterocycles. The molecule has 3 N–H and O–H groups in total. The van der Waals surface area contributed by atoms with Crippen LogP contribution in [0.5, 0.6) is 0 Å². The van der Waals surface area contributed by atoms with Crippen LogP contribution in [0.3, 0.4) is 0 Å². The van der Waals surface area contributed by atoms with Gasteiger partial charge in [0.25, 0.3) is 0 Å². The quantitative estimate of drug-likeness (QED) is 0.576. The number of nitrogens with two attached hydrogens (primary N) is 1. The molecule has 19 heavy (non-hydrogen) atoms. The highest BCUT2D eigenvalue weighted by Crippen LogP contribution is 2.23. The summed E-state index contributed by atoms with van der Waals surface area (Å²) in [5.74, 6) is 0. The monoisotopic (exact) mass is 281 g/mol. The molecule has 1 aromatic rings. The van der Waals surface area contributed by atoms with E-state index >= 15 is 0 Å². The van der Waals surface area contributed by atoms with Gasteiger partial charge in [-0.1, -0.05) is 6.08 Å². The zero-order chi connectivity index (χ0) is 14.5. The molecule has 0 aliphatic heterocycles. The van der Waals surface area contributed by atoms with E-state index in [4.69, 9.17) is 16.1 Å². The lowest BCUT2D eigenvalue weighted by atomic mass is 10.2. The Balaban J connectivity index is 3.25. The summed E-state index contributed by atoms with van der Waals surface area (Å²) in [7, 11) is -3.81. The number of nitrogens with zero attached hydrogens (tertiary/aromatic N) is 2. The van der Waals surface area contributed by atoms with Crippen LogP contribution in [0.25, 0.3) is 0 Å². The molecule has 1 aromatic carbocycles. The number of benzene rings is 1. The van der Waals surface area contributed by atoms with Gasteiger partial charge >= 0.3 is 0 Å². The van der Waals surface area contributed by atoms with Crippen LogP contribution in [-0.2, 0) is 10.0 Å². The number of hydrogen-bond donors (Lipinski definition) is 2. The van der Waals surface area contributed by atoms with Crippen molar-refractivity contribution in [2.45, 2.75) is 4.90 Å². The molecule has 1 rings (SSSR count). The molecule has 7 heteroatoms. The molecule has 0 spiro atoms. The van der Waals surface area contributed by atoms with Crippen molar-refractivity contribution in [3.63, 3.8) is 0 Å². The van der Waals surface area contributed by atoms with Gasteiger partial charge in [0.2, 0.25) is 10.0 Å². The number of nitriles is 1. The van der Waals surface area contributed by atoms with E-state index in [2.05, 4.69) is 6.58 Å². The topological polar surface area (TPSA) is 107 Å². The van der Waals surface area contributed by atoms with Crippen molar-refractivity contribution in [3.05, 3.63) is 36.4 Å². The second kappa shape index (κ2) is 6.33. The predicted octanol–water partition coefficient (Wildman–Crippen LogP) is 0.309. The Morgan fingerprint density at radius 2 is 2.21 bits per heavy atom. The van der Waals surface area contributed by atoms with Crippen LogP contribution in [0.1, 0.15) is 5.56 Å². The third kappa shape index (κ3) is 3.32. The third-order valence-electron chi connectivity index (χ3n) is 2.44. The van der Waals surface area contributed by atoms with E-state index in [1.165, 1.54) is 24.3 Å². The second-order valence-corrected chi connectivity index (χ2v) is 5.65. The van der Waals surface area contributed by atoms with Crippen LogP contribution >= 0.6 is 0 Å². The van der Waals surface area contributed by atoms with Crippen LogP contribution in [-0.4, -0.2) is 37.5 Å². The molecule has 0 fully saturated rings. The summed E-state index contributed by atoms with van der Waals surface area (Å²) < 4.78 is 25.7. The molecular weight excluding hydrogens is 266 g/mol. The van der Waals surface area contributed by atoms with E-state index in [-0.39, 0.29) is 35.8 Å². The van der Waals surface area contributed by atoms with Crippen molar-refractivity contribution in [1.29, 1.82) is 5.26 Å². The fourth-order valence-electron chi connectivity index (χ4n) is 1.56. The minimum Gasteiger partial charge on any atom is -0.398 e. The van der Waals surface area contributed by atoms with Crippen molar-refractivity contribution < 1.29 is 13.5 Å². The molecule has 0 saturated heterocycles. The van der Waals surface area contributed by atoms with Crippen LogP contribution in [0.2, 0.25) is 0 Å². The molecule has 0 aromatic heterocycles. The Kier molecular flexibility index (Phi) is 5.06. The van der Waals surface area contributed by atoms with Crippen LogP contribution in [0.15, 0.2) is 35.7 Å². The molecule has 0 unspecified atom stereocenters. The Bertz CT molecular complexity index is 605. The largest absolute Gasteiger partial charge is 0.398 e. The van der Waals surface area contributed by atoms with Gasteiger partial charge in [0, 0.05) is 13.1 Å². The minimum absolute atomic E-state index is 0.00560. The summed E-state index contributed by atoms with van der Waals surface area (Å²) in [6.07, 6.45) is 1.42. The zero-order valence-electron chi connectivity index (χ0n) is 10.3. The fourth-order valence-corrected chi connectivity index (χ4v) is 3.06. The normalized spacial score (nSPS) is 11.2. The van der Waals surface area contributed by atoms with Crippen LogP contribution < -0.4 is 5.73 Å². The highest BCUT2D eigenvalue weighted by atomic mass is 32.2.